The SMILES string of the molecule is CCn1cc(CN(C)C(=O)C[C@@H]2C(=O)NCCN2C(C)C)c(C)n1. The number of nitrogens with one attached hydrogen (secondary N) is 1. The minimum Gasteiger partial charge on any atom is -0.353 e. The minimum absolute atomic E-state index is 0.0219. The largest absolute Gasteiger partial charge is 0.353 e. The van der Waals surface area contributed by atoms with Gasteiger partial charge in [0.1, 0.15) is 0 Å². The van der Waals surface area contributed by atoms with Crippen molar-refractivity contribution in [3.63, 3.8) is 0 Å². The van der Waals surface area contributed by atoms with Gasteiger partial charge < -0.3 is 10.2 Å². The van der Waals surface area contributed by atoms with Gasteiger partial charge in [0.25, 0.3) is 0 Å². The molecule has 1 atom stereocenters. The van der Waals surface area contributed by atoms with Gasteiger partial charge in [-0.3, -0.25) is 19.2 Å². The first-order chi connectivity index (χ1) is 11.3. The summed E-state index contributed by atoms with van der Waals surface area (Å²) in [4.78, 5) is 28.6. The zero-order valence-corrected chi connectivity index (χ0v) is 15.4. The van der Waals surface area contributed by atoms with Crippen molar-refractivity contribution >= 4 is 11.8 Å². The summed E-state index contributed by atoms with van der Waals surface area (Å²) in [5.41, 5.74) is 1.98. The number of aromatic nitrogens is 2. The summed E-state index contributed by atoms with van der Waals surface area (Å²) in [6.07, 6.45) is 2.19. The lowest BCUT2D eigenvalue weighted by atomic mass is 10.1. The number of aryl methyl sites for hydroxylation is 2. The van der Waals surface area contributed by atoms with E-state index in [9.17, 15) is 9.59 Å². The number of hydrogen-bond donors (Lipinski definition) is 1. The molecule has 1 aliphatic rings. The molecule has 0 saturated carbocycles. The van der Waals surface area contributed by atoms with Crippen LogP contribution in [-0.4, -0.2) is 63.6 Å². The smallest absolute Gasteiger partial charge is 0.237 e. The van der Waals surface area contributed by atoms with Gasteiger partial charge in [0.05, 0.1) is 18.2 Å². The van der Waals surface area contributed by atoms with Gasteiger partial charge in [0, 0.05) is 51.0 Å². The van der Waals surface area contributed by atoms with E-state index in [0.29, 0.717) is 13.1 Å². The average Bonchev–Trinajstić information content (AvgIpc) is 2.89. The Bertz CT molecular complexity index is 596. The number of amides is 2. The van der Waals surface area contributed by atoms with Crippen LogP contribution in [0.15, 0.2) is 6.20 Å². The summed E-state index contributed by atoms with van der Waals surface area (Å²) in [6.45, 7) is 10.9. The molecule has 1 aromatic heterocycles. The van der Waals surface area contributed by atoms with Crippen molar-refractivity contribution < 1.29 is 9.59 Å². The summed E-state index contributed by atoms with van der Waals surface area (Å²) in [7, 11) is 1.78. The molecule has 134 valence electrons. The maximum absolute atomic E-state index is 12.6. The third-order valence-electron chi connectivity index (χ3n) is 4.61. The van der Waals surface area contributed by atoms with Crippen molar-refractivity contribution in [2.45, 2.75) is 59.3 Å². The van der Waals surface area contributed by atoms with E-state index >= 15 is 0 Å². The van der Waals surface area contributed by atoms with Crippen molar-refractivity contribution in [3.05, 3.63) is 17.5 Å². The van der Waals surface area contributed by atoms with Crippen LogP contribution in [0.1, 0.15) is 38.4 Å². The van der Waals surface area contributed by atoms with Crippen molar-refractivity contribution in [3.8, 4) is 0 Å². The number of hydrogen-bond acceptors (Lipinski definition) is 4. The van der Waals surface area contributed by atoms with Gasteiger partial charge in [-0.05, 0) is 27.7 Å². The molecule has 1 aromatic rings. The standard InChI is InChI=1S/C17H29N5O2/c1-6-21-11-14(13(4)19-21)10-20(5)16(23)9-15-17(24)18-7-8-22(15)12(2)3/h11-12,15H,6-10H2,1-5H3,(H,18,24)/t15-/m1/s1. The summed E-state index contributed by atoms with van der Waals surface area (Å²) in [6, 6.07) is -0.141. The third-order valence-corrected chi connectivity index (χ3v) is 4.61. The van der Waals surface area contributed by atoms with Crippen LogP contribution in [-0.2, 0) is 22.7 Å². The Morgan fingerprint density at radius 3 is 2.79 bits per heavy atom. The molecule has 0 bridgehead atoms. The number of piperazine rings is 1. The molecular formula is C17H29N5O2. The quantitative estimate of drug-likeness (QED) is 0.834. The summed E-state index contributed by atoms with van der Waals surface area (Å²) in [5, 5.41) is 7.28. The molecule has 24 heavy (non-hydrogen) atoms. The Hall–Kier alpha value is -1.89. The van der Waals surface area contributed by atoms with E-state index in [1.165, 1.54) is 0 Å². The molecule has 0 aromatic carbocycles. The van der Waals surface area contributed by atoms with E-state index < -0.39 is 0 Å². The fourth-order valence-corrected chi connectivity index (χ4v) is 3.10. The fraction of sp³-hybridized carbons (Fsp3) is 0.706. The van der Waals surface area contributed by atoms with Gasteiger partial charge in [0.15, 0.2) is 0 Å². The first-order valence-corrected chi connectivity index (χ1v) is 8.63. The Morgan fingerprint density at radius 2 is 2.21 bits per heavy atom. The van der Waals surface area contributed by atoms with Gasteiger partial charge in [0.2, 0.25) is 11.8 Å². The van der Waals surface area contributed by atoms with Crippen LogP contribution in [0.5, 0.6) is 0 Å². The van der Waals surface area contributed by atoms with Gasteiger partial charge in [-0.2, -0.15) is 5.10 Å². The maximum atomic E-state index is 12.6. The average molecular weight is 335 g/mol. The predicted molar refractivity (Wildman–Crippen MR) is 92.4 cm³/mol. The lowest BCUT2D eigenvalue weighted by molar-refractivity contribution is -0.139. The fourth-order valence-electron chi connectivity index (χ4n) is 3.10. The number of carbonyl (C=O) groups is 2. The lowest BCUT2D eigenvalue weighted by Crippen LogP contribution is -2.58. The highest BCUT2D eigenvalue weighted by Gasteiger charge is 2.33. The van der Waals surface area contributed by atoms with Crippen LogP contribution in [0.4, 0.5) is 0 Å². The highest BCUT2D eigenvalue weighted by Crippen LogP contribution is 2.15. The summed E-state index contributed by atoms with van der Waals surface area (Å²) >= 11 is 0. The van der Waals surface area contributed by atoms with Gasteiger partial charge in [-0.1, -0.05) is 0 Å². The molecule has 2 heterocycles. The van der Waals surface area contributed by atoms with Crippen LogP contribution >= 0.6 is 0 Å². The van der Waals surface area contributed by atoms with E-state index in [0.717, 1.165) is 24.3 Å². The Morgan fingerprint density at radius 1 is 1.50 bits per heavy atom. The number of rotatable bonds is 6. The van der Waals surface area contributed by atoms with Gasteiger partial charge in [-0.25, -0.2) is 0 Å². The molecule has 1 N–H and O–H groups in total. The highest BCUT2D eigenvalue weighted by atomic mass is 16.2. The molecular weight excluding hydrogens is 306 g/mol. The van der Waals surface area contributed by atoms with Crippen molar-refractivity contribution in [2.75, 3.05) is 20.1 Å². The highest BCUT2D eigenvalue weighted by molar-refractivity contribution is 5.88. The first-order valence-electron chi connectivity index (χ1n) is 8.63. The van der Waals surface area contributed by atoms with Gasteiger partial charge in [-0.15, -0.1) is 0 Å². The van der Waals surface area contributed by atoms with Crippen LogP contribution < -0.4 is 5.32 Å². The zero-order chi connectivity index (χ0) is 17.9. The molecule has 1 aliphatic heterocycles. The number of carbonyl (C=O) groups excluding carboxylic acids is 2. The lowest BCUT2D eigenvalue weighted by Gasteiger charge is -2.38. The molecule has 0 unspecified atom stereocenters. The van der Waals surface area contributed by atoms with E-state index in [1.54, 1.807) is 11.9 Å². The van der Waals surface area contributed by atoms with E-state index in [-0.39, 0.29) is 30.3 Å². The third kappa shape index (κ3) is 4.14. The van der Waals surface area contributed by atoms with Crippen molar-refractivity contribution in [1.29, 1.82) is 0 Å². The molecule has 0 radical (unpaired) electrons. The maximum Gasteiger partial charge on any atom is 0.237 e. The Labute approximate surface area is 144 Å². The van der Waals surface area contributed by atoms with Crippen molar-refractivity contribution in [1.82, 2.24) is 24.9 Å². The first kappa shape index (κ1) is 18.4. The molecule has 2 rings (SSSR count). The molecule has 7 nitrogen and oxygen atoms in total. The Kier molecular flexibility index (Phi) is 5.99. The molecule has 0 spiro atoms. The molecule has 1 saturated heterocycles. The normalized spacial score (nSPS) is 18.8. The molecule has 2 amide bonds. The molecule has 1 fully saturated rings. The van der Waals surface area contributed by atoms with Crippen LogP contribution in [0, 0.1) is 6.92 Å². The zero-order valence-electron chi connectivity index (χ0n) is 15.4. The second kappa shape index (κ2) is 7.79. The second-order valence-electron chi connectivity index (χ2n) is 6.69. The number of nitrogens with zero attached hydrogens (tertiary/aromatic N) is 4. The van der Waals surface area contributed by atoms with Crippen LogP contribution in [0.25, 0.3) is 0 Å². The van der Waals surface area contributed by atoms with Crippen LogP contribution in [0.3, 0.4) is 0 Å². The van der Waals surface area contributed by atoms with Crippen molar-refractivity contribution in [2.24, 2.45) is 0 Å². The monoisotopic (exact) mass is 335 g/mol. The molecule has 0 aliphatic carbocycles. The minimum atomic E-state index is -0.381. The van der Waals surface area contributed by atoms with E-state index in [2.05, 4.69) is 29.2 Å². The predicted octanol–water partition coefficient (Wildman–Crippen LogP) is 0.769. The topological polar surface area (TPSA) is 70.5 Å². The second-order valence-corrected chi connectivity index (χ2v) is 6.69. The van der Waals surface area contributed by atoms with Crippen LogP contribution in [0.2, 0.25) is 0 Å². The summed E-state index contributed by atoms with van der Waals surface area (Å²) in [5.74, 6) is -0.0713. The molecule has 7 heteroatoms. The van der Waals surface area contributed by atoms with E-state index in [4.69, 9.17) is 0 Å². The van der Waals surface area contributed by atoms with Gasteiger partial charge >= 0.3 is 0 Å². The summed E-state index contributed by atoms with van der Waals surface area (Å²) < 4.78 is 1.87. The Balaban J connectivity index is 2.01. The van der Waals surface area contributed by atoms with E-state index in [1.807, 2.05) is 24.7 Å².